The first-order valence-electron chi connectivity index (χ1n) is 5.95. The number of hydrogen-bond acceptors (Lipinski definition) is 4. The number of furan rings is 1. The minimum atomic E-state index is -3.76. The Morgan fingerprint density at radius 3 is 2.40 bits per heavy atom. The average molecular weight is 292 g/mol. The molecule has 1 fully saturated rings. The quantitative estimate of drug-likeness (QED) is 0.846. The lowest BCUT2D eigenvalue weighted by Crippen LogP contribution is -2.24. The third-order valence-corrected chi connectivity index (χ3v) is 5.08. The van der Waals surface area contributed by atoms with E-state index in [0.29, 0.717) is 5.76 Å². The van der Waals surface area contributed by atoms with Crippen LogP contribution in [0.15, 0.2) is 58.0 Å². The van der Waals surface area contributed by atoms with E-state index < -0.39 is 28.0 Å². The van der Waals surface area contributed by atoms with Gasteiger partial charge in [0.15, 0.2) is 0 Å². The lowest BCUT2D eigenvalue weighted by atomic mass is 10.2. The van der Waals surface area contributed by atoms with Crippen LogP contribution >= 0.6 is 0 Å². The van der Waals surface area contributed by atoms with E-state index in [4.69, 9.17) is 10.2 Å². The fourth-order valence-corrected chi connectivity index (χ4v) is 3.97. The van der Waals surface area contributed by atoms with Gasteiger partial charge in [-0.1, -0.05) is 18.2 Å². The second-order valence-electron chi connectivity index (χ2n) is 4.46. The van der Waals surface area contributed by atoms with Crippen LogP contribution in [0.25, 0.3) is 0 Å². The van der Waals surface area contributed by atoms with Crippen LogP contribution in [0.2, 0.25) is 0 Å². The molecule has 3 atom stereocenters. The van der Waals surface area contributed by atoms with Gasteiger partial charge in [-0.05, 0) is 24.3 Å². The van der Waals surface area contributed by atoms with Crippen LogP contribution < -0.4 is 5.73 Å². The van der Waals surface area contributed by atoms with Crippen molar-refractivity contribution < 1.29 is 17.6 Å². The van der Waals surface area contributed by atoms with Crippen molar-refractivity contribution in [1.82, 2.24) is 4.31 Å². The number of carbonyl (C=O) groups excluding carboxylic acids is 1. The van der Waals surface area contributed by atoms with Crippen LogP contribution in [-0.2, 0) is 14.8 Å². The molecule has 1 aromatic heterocycles. The Bertz CT molecular complexity index is 725. The number of benzene rings is 1. The van der Waals surface area contributed by atoms with Gasteiger partial charge in [0.1, 0.15) is 17.8 Å². The van der Waals surface area contributed by atoms with Crippen LogP contribution in [-0.4, -0.2) is 24.7 Å². The lowest BCUT2D eigenvalue weighted by Gasteiger charge is -2.05. The number of sulfonamides is 1. The summed E-state index contributed by atoms with van der Waals surface area (Å²) in [5, 5.41) is 0. The minimum absolute atomic E-state index is 0.125. The Hall–Kier alpha value is -2.12. The zero-order chi connectivity index (χ0) is 14.3. The summed E-state index contributed by atoms with van der Waals surface area (Å²) in [5.74, 6) is -0.279. The fraction of sp³-hybridized carbons (Fsp3) is 0.154. The molecule has 0 radical (unpaired) electrons. The molecule has 2 aromatic rings. The summed E-state index contributed by atoms with van der Waals surface area (Å²) < 4.78 is 31.2. The molecule has 3 rings (SSSR count). The summed E-state index contributed by atoms with van der Waals surface area (Å²) in [7, 11) is -3.76. The van der Waals surface area contributed by atoms with Crippen molar-refractivity contribution in [3.8, 4) is 0 Å². The van der Waals surface area contributed by atoms with Gasteiger partial charge in [0, 0.05) is 0 Å². The van der Waals surface area contributed by atoms with E-state index in [2.05, 4.69) is 0 Å². The molecule has 2 N–H and O–H groups in total. The Morgan fingerprint density at radius 2 is 1.85 bits per heavy atom. The standard InChI is InChI=1S/C13H12N2O4S/c14-13(16)12-11(10-7-4-8-19-10)15(12)20(17,18)9-5-2-1-3-6-9/h1-8,11-12H,(H2,14,16)/t11-,12+,15?/m1/s1. The third kappa shape index (κ3) is 1.91. The minimum Gasteiger partial charge on any atom is -0.468 e. The van der Waals surface area contributed by atoms with Gasteiger partial charge in [-0.25, -0.2) is 8.42 Å². The molecular formula is C13H12N2O4S. The van der Waals surface area contributed by atoms with E-state index in [9.17, 15) is 13.2 Å². The second kappa shape index (κ2) is 4.46. The monoisotopic (exact) mass is 292 g/mol. The van der Waals surface area contributed by atoms with Gasteiger partial charge in [0.05, 0.1) is 11.2 Å². The maximum Gasteiger partial charge on any atom is 0.244 e. The van der Waals surface area contributed by atoms with Gasteiger partial charge >= 0.3 is 0 Å². The largest absolute Gasteiger partial charge is 0.468 e. The van der Waals surface area contributed by atoms with Crippen molar-refractivity contribution in [2.75, 3.05) is 0 Å². The van der Waals surface area contributed by atoms with Gasteiger partial charge in [-0.15, -0.1) is 0 Å². The summed E-state index contributed by atoms with van der Waals surface area (Å²) in [6.45, 7) is 0. The Labute approximate surface area is 115 Å². The molecule has 2 heterocycles. The highest BCUT2D eigenvalue weighted by molar-refractivity contribution is 7.89. The van der Waals surface area contributed by atoms with E-state index in [0.717, 1.165) is 4.31 Å². The van der Waals surface area contributed by atoms with E-state index in [-0.39, 0.29) is 4.90 Å². The highest BCUT2D eigenvalue weighted by atomic mass is 32.2. The molecule has 1 aromatic carbocycles. The molecule has 1 unspecified atom stereocenters. The first kappa shape index (κ1) is 12.9. The predicted molar refractivity (Wildman–Crippen MR) is 69.9 cm³/mol. The molecule has 0 bridgehead atoms. The summed E-state index contributed by atoms with van der Waals surface area (Å²) in [6.07, 6.45) is 1.43. The normalized spacial score (nSPS) is 25.3. The zero-order valence-corrected chi connectivity index (χ0v) is 11.2. The lowest BCUT2D eigenvalue weighted by molar-refractivity contribution is -0.118. The van der Waals surface area contributed by atoms with Crippen LogP contribution in [0.1, 0.15) is 11.8 Å². The molecule has 0 spiro atoms. The molecule has 7 heteroatoms. The van der Waals surface area contributed by atoms with Crippen molar-refractivity contribution in [1.29, 1.82) is 0 Å². The smallest absolute Gasteiger partial charge is 0.244 e. The van der Waals surface area contributed by atoms with E-state index in [1.165, 1.54) is 18.4 Å². The zero-order valence-electron chi connectivity index (χ0n) is 10.3. The molecule has 104 valence electrons. The molecule has 20 heavy (non-hydrogen) atoms. The fourth-order valence-electron chi connectivity index (χ4n) is 2.25. The summed E-state index contributed by atoms with van der Waals surface area (Å²) in [4.78, 5) is 11.6. The Kier molecular flexibility index (Phi) is 2.88. The van der Waals surface area contributed by atoms with Crippen molar-refractivity contribution in [2.24, 2.45) is 5.73 Å². The third-order valence-electron chi connectivity index (χ3n) is 3.20. The van der Waals surface area contributed by atoms with E-state index in [1.54, 1.807) is 30.3 Å². The van der Waals surface area contributed by atoms with Crippen molar-refractivity contribution in [2.45, 2.75) is 17.0 Å². The number of rotatable bonds is 4. The molecule has 1 amide bonds. The molecule has 0 aliphatic carbocycles. The second-order valence-corrected chi connectivity index (χ2v) is 6.30. The van der Waals surface area contributed by atoms with Crippen molar-refractivity contribution in [3.05, 3.63) is 54.5 Å². The highest BCUT2D eigenvalue weighted by Gasteiger charge is 2.61. The Morgan fingerprint density at radius 1 is 1.15 bits per heavy atom. The summed E-state index contributed by atoms with van der Waals surface area (Å²) in [6, 6.07) is 9.63. The van der Waals surface area contributed by atoms with Gasteiger partial charge < -0.3 is 10.2 Å². The number of nitrogens with zero attached hydrogens (tertiary/aromatic N) is 1. The average Bonchev–Trinajstić information content (AvgIpc) is 2.99. The molecule has 1 aliphatic heterocycles. The topological polar surface area (TPSA) is 93.4 Å². The van der Waals surface area contributed by atoms with Crippen LogP contribution in [0.5, 0.6) is 0 Å². The molecule has 1 aliphatic rings. The number of carbonyl (C=O) groups is 1. The molecule has 1 saturated heterocycles. The van der Waals surface area contributed by atoms with Gasteiger partial charge in [0.25, 0.3) is 0 Å². The maximum absolute atomic E-state index is 12.5. The Balaban J connectivity index is 2.00. The highest BCUT2D eigenvalue weighted by Crippen LogP contribution is 2.47. The molecular weight excluding hydrogens is 280 g/mol. The van der Waals surface area contributed by atoms with E-state index in [1.807, 2.05) is 0 Å². The maximum atomic E-state index is 12.5. The number of nitrogens with two attached hydrogens (primary N) is 1. The number of amides is 1. The van der Waals surface area contributed by atoms with Crippen LogP contribution in [0, 0.1) is 0 Å². The summed E-state index contributed by atoms with van der Waals surface area (Å²) in [5.41, 5.74) is 5.27. The van der Waals surface area contributed by atoms with Crippen LogP contribution in [0.3, 0.4) is 0 Å². The van der Waals surface area contributed by atoms with Crippen LogP contribution in [0.4, 0.5) is 0 Å². The number of hydrogen-bond donors (Lipinski definition) is 1. The van der Waals surface area contributed by atoms with Crippen molar-refractivity contribution in [3.63, 3.8) is 0 Å². The van der Waals surface area contributed by atoms with Gasteiger partial charge in [-0.3, -0.25) is 4.79 Å². The predicted octanol–water partition coefficient (Wildman–Crippen LogP) is 0.879. The van der Waals surface area contributed by atoms with Gasteiger partial charge in [-0.2, -0.15) is 4.31 Å². The first-order chi connectivity index (χ1) is 9.53. The number of primary amides is 1. The molecule has 6 nitrogen and oxygen atoms in total. The molecule has 0 saturated carbocycles. The van der Waals surface area contributed by atoms with E-state index >= 15 is 0 Å². The SMILES string of the molecule is NC(=O)[C@@H]1[C@@H](c2ccco2)N1S(=O)(=O)c1ccccc1. The summed E-state index contributed by atoms with van der Waals surface area (Å²) >= 11 is 0. The van der Waals surface area contributed by atoms with Gasteiger partial charge in [0.2, 0.25) is 15.9 Å². The first-order valence-corrected chi connectivity index (χ1v) is 7.39. The van der Waals surface area contributed by atoms with Crippen molar-refractivity contribution >= 4 is 15.9 Å².